The summed E-state index contributed by atoms with van der Waals surface area (Å²) in [5, 5.41) is 8.85. The molecule has 0 radical (unpaired) electrons. The molecule has 0 saturated heterocycles. The predicted octanol–water partition coefficient (Wildman–Crippen LogP) is 2.27. The molecule has 1 heterocycles. The van der Waals surface area contributed by atoms with Gasteiger partial charge in [0.1, 0.15) is 11.9 Å². The van der Waals surface area contributed by atoms with Gasteiger partial charge in [-0.25, -0.2) is 0 Å². The first kappa shape index (κ1) is 11.0. The topological polar surface area (TPSA) is 46.5 Å². The van der Waals surface area contributed by atoms with Crippen molar-refractivity contribution in [2.45, 2.75) is 32.8 Å². The molecular formula is C13H16O3. The molecule has 1 aliphatic rings. The van der Waals surface area contributed by atoms with Gasteiger partial charge in [0.25, 0.3) is 0 Å². The van der Waals surface area contributed by atoms with Crippen LogP contribution in [-0.2, 0) is 17.6 Å². The van der Waals surface area contributed by atoms with E-state index in [-0.39, 0.29) is 12.0 Å². The van der Waals surface area contributed by atoms with Crippen LogP contribution in [0, 0.1) is 5.92 Å². The van der Waals surface area contributed by atoms with Crippen LogP contribution in [0.5, 0.6) is 5.75 Å². The highest BCUT2D eigenvalue weighted by atomic mass is 16.5. The second-order valence-electron chi connectivity index (χ2n) is 4.52. The maximum atomic E-state index is 10.8. The zero-order valence-corrected chi connectivity index (χ0v) is 9.56. The SMILES string of the molecule is CC1Cc2cc(CC(C)C(=O)O)ccc2O1. The Morgan fingerprint density at radius 2 is 2.38 bits per heavy atom. The molecule has 3 heteroatoms. The van der Waals surface area contributed by atoms with Gasteiger partial charge in [0.2, 0.25) is 0 Å². The molecular weight excluding hydrogens is 204 g/mol. The fraction of sp³-hybridized carbons (Fsp3) is 0.462. The number of aliphatic carboxylic acids is 1. The van der Waals surface area contributed by atoms with Gasteiger partial charge < -0.3 is 9.84 Å². The molecule has 3 nitrogen and oxygen atoms in total. The lowest BCUT2D eigenvalue weighted by molar-refractivity contribution is -0.141. The molecule has 0 amide bonds. The van der Waals surface area contributed by atoms with Crippen LogP contribution in [-0.4, -0.2) is 17.2 Å². The van der Waals surface area contributed by atoms with Crippen molar-refractivity contribution in [2.75, 3.05) is 0 Å². The average Bonchev–Trinajstić information content (AvgIpc) is 2.57. The van der Waals surface area contributed by atoms with Crippen molar-refractivity contribution in [3.8, 4) is 5.75 Å². The number of carbonyl (C=O) groups is 1. The second kappa shape index (κ2) is 4.16. The summed E-state index contributed by atoms with van der Waals surface area (Å²) in [6, 6.07) is 5.97. The van der Waals surface area contributed by atoms with E-state index >= 15 is 0 Å². The Morgan fingerprint density at radius 1 is 1.62 bits per heavy atom. The Hall–Kier alpha value is -1.51. The first-order valence-electron chi connectivity index (χ1n) is 5.57. The molecule has 16 heavy (non-hydrogen) atoms. The number of ether oxygens (including phenoxy) is 1. The Labute approximate surface area is 95.0 Å². The van der Waals surface area contributed by atoms with Crippen LogP contribution in [0.3, 0.4) is 0 Å². The minimum Gasteiger partial charge on any atom is -0.490 e. The zero-order chi connectivity index (χ0) is 11.7. The third kappa shape index (κ3) is 2.18. The molecule has 1 aliphatic heterocycles. The highest BCUT2D eigenvalue weighted by Crippen LogP contribution is 2.29. The summed E-state index contributed by atoms with van der Waals surface area (Å²) in [4.78, 5) is 10.8. The van der Waals surface area contributed by atoms with E-state index in [4.69, 9.17) is 9.84 Å². The molecule has 0 saturated carbocycles. The zero-order valence-electron chi connectivity index (χ0n) is 9.56. The van der Waals surface area contributed by atoms with E-state index in [1.165, 1.54) is 5.56 Å². The summed E-state index contributed by atoms with van der Waals surface area (Å²) >= 11 is 0. The summed E-state index contributed by atoms with van der Waals surface area (Å²) in [5.41, 5.74) is 2.27. The molecule has 0 aromatic heterocycles. The lowest BCUT2D eigenvalue weighted by Crippen LogP contribution is -2.12. The molecule has 0 bridgehead atoms. The van der Waals surface area contributed by atoms with Gasteiger partial charge in [-0.1, -0.05) is 19.1 Å². The van der Waals surface area contributed by atoms with E-state index in [0.717, 1.165) is 17.7 Å². The third-order valence-electron chi connectivity index (χ3n) is 2.92. The van der Waals surface area contributed by atoms with Crippen LogP contribution >= 0.6 is 0 Å². The van der Waals surface area contributed by atoms with Gasteiger partial charge in [-0.2, -0.15) is 0 Å². The van der Waals surface area contributed by atoms with Crippen LogP contribution in [0.15, 0.2) is 18.2 Å². The van der Waals surface area contributed by atoms with Crippen LogP contribution in [0.1, 0.15) is 25.0 Å². The summed E-state index contributed by atoms with van der Waals surface area (Å²) in [6.07, 6.45) is 1.74. The van der Waals surface area contributed by atoms with Gasteiger partial charge in [0.15, 0.2) is 0 Å². The Balaban J connectivity index is 2.13. The quantitative estimate of drug-likeness (QED) is 0.850. The standard InChI is InChI=1S/C13H16O3/c1-8(13(14)15)5-10-3-4-12-11(7-10)6-9(2)16-12/h3-4,7-9H,5-6H2,1-2H3,(H,14,15). The fourth-order valence-corrected chi connectivity index (χ4v) is 2.04. The highest BCUT2D eigenvalue weighted by molar-refractivity contribution is 5.69. The molecule has 0 aliphatic carbocycles. The molecule has 2 rings (SSSR count). The largest absolute Gasteiger partial charge is 0.490 e. The summed E-state index contributed by atoms with van der Waals surface area (Å²) < 4.78 is 5.60. The van der Waals surface area contributed by atoms with Gasteiger partial charge in [-0.15, -0.1) is 0 Å². The molecule has 1 aromatic carbocycles. The van der Waals surface area contributed by atoms with Crippen molar-refractivity contribution in [1.82, 2.24) is 0 Å². The van der Waals surface area contributed by atoms with Gasteiger partial charge >= 0.3 is 5.97 Å². The summed E-state index contributed by atoms with van der Waals surface area (Å²) in [5.74, 6) is -0.137. The molecule has 2 atom stereocenters. The molecule has 0 fully saturated rings. The maximum Gasteiger partial charge on any atom is 0.306 e. The van der Waals surface area contributed by atoms with Crippen LogP contribution < -0.4 is 4.74 Å². The minimum absolute atomic E-state index is 0.238. The summed E-state index contributed by atoms with van der Waals surface area (Å²) in [6.45, 7) is 3.77. The molecule has 1 aromatic rings. The van der Waals surface area contributed by atoms with Crippen molar-refractivity contribution in [3.63, 3.8) is 0 Å². The van der Waals surface area contributed by atoms with Crippen molar-refractivity contribution in [3.05, 3.63) is 29.3 Å². The Morgan fingerprint density at radius 3 is 3.06 bits per heavy atom. The molecule has 86 valence electrons. The van der Waals surface area contributed by atoms with E-state index in [9.17, 15) is 4.79 Å². The smallest absolute Gasteiger partial charge is 0.306 e. The van der Waals surface area contributed by atoms with Crippen molar-refractivity contribution < 1.29 is 14.6 Å². The molecule has 2 unspecified atom stereocenters. The number of rotatable bonds is 3. The Bertz CT molecular complexity index is 412. The lowest BCUT2D eigenvalue weighted by Gasteiger charge is -2.07. The maximum absolute atomic E-state index is 10.8. The van der Waals surface area contributed by atoms with Gasteiger partial charge in [0.05, 0.1) is 5.92 Å². The lowest BCUT2D eigenvalue weighted by atomic mass is 9.98. The van der Waals surface area contributed by atoms with Crippen molar-refractivity contribution >= 4 is 5.97 Å². The summed E-state index contributed by atoms with van der Waals surface area (Å²) in [7, 11) is 0. The number of carboxylic acid groups (broad SMARTS) is 1. The second-order valence-corrected chi connectivity index (χ2v) is 4.52. The first-order valence-corrected chi connectivity index (χ1v) is 5.57. The minimum atomic E-state index is -0.745. The number of hydrogen-bond acceptors (Lipinski definition) is 2. The molecule has 1 N–H and O–H groups in total. The normalized spacial score (nSPS) is 20.0. The number of fused-ring (bicyclic) bond motifs is 1. The van der Waals surface area contributed by atoms with Crippen LogP contribution in [0.2, 0.25) is 0 Å². The van der Waals surface area contributed by atoms with Crippen LogP contribution in [0.25, 0.3) is 0 Å². The van der Waals surface area contributed by atoms with Gasteiger partial charge in [-0.05, 0) is 30.5 Å². The van der Waals surface area contributed by atoms with Crippen LogP contribution in [0.4, 0.5) is 0 Å². The van der Waals surface area contributed by atoms with E-state index in [1.54, 1.807) is 6.92 Å². The van der Waals surface area contributed by atoms with Crippen molar-refractivity contribution in [2.24, 2.45) is 5.92 Å². The predicted molar refractivity (Wildman–Crippen MR) is 60.7 cm³/mol. The van der Waals surface area contributed by atoms with E-state index in [1.807, 2.05) is 19.1 Å². The average molecular weight is 220 g/mol. The third-order valence-corrected chi connectivity index (χ3v) is 2.92. The van der Waals surface area contributed by atoms with E-state index in [2.05, 4.69) is 6.07 Å². The number of carboxylic acids is 1. The monoisotopic (exact) mass is 220 g/mol. The van der Waals surface area contributed by atoms with E-state index < -0.39 is 5.97 Å². The molecule has 0 spiro atoms. The van der Waals surface area contributed by atoms with Crippen molar-refractivity contribution in [1.29, 1.82) is 0 Å². The number of hydrogen-bond donors (Lipinski definition) is 1. The highest BCUT2D eigenvalue weighted by Gasteiger charge is 2.20. The van der Waals surface area contributed by atoms with E-state index in [0.29, 0.717) is 6.42 Å². The van der Waals surface area contributed by atoms with Gasteiger partial charge in [-0.3, -0.25) is 4.79 Å². The fourth-order valence-electron chi connectivity index (χ4n) is 2.04. The number of benzene rings is 1. The first-order chi connectivity index (χ1) is 7.56. The Kier molecular flexibility index (Phi) is 2.86. The van der Waals surface area contributed by atoms with Gasteiger partial charge in [0, 0.05) is 6.42 Å².